The van der Waals surface area contributed by atoms with Gasteiger partial charge in [-0.3, -0.25) is 9.89 Å². The van der Waals surface area contributed by atoms with Crippen LogP contribution < -0.4 is 4.72 Å². The topological polar surface area (TPSA) is 115 Å². The Morgan fingerprint density at radius 2 is 2.19 bits per heavy atom. The van der Waals surface area contributed by atoms with Crippen LogP contribution >= 0.6 is 0 Å². The minimum Gasteiger partial charge on any atom is -0.393 e. The number of aliphatic hydroxyl groups excluding tert-OH is 1. The molecule has 3 N–H and O–H groups in total. The molecular weight excluding hydrogens is 356 g/mol. The second-order valence-corrected chi connectivity index (χ2v) is 8.18. The Labute approximate surface area is 152 Å². The second kappa shape index (κ2) is 7.56. The maximum atomic E-state index is 12.5. The Kier molecular flexibility index (Phi) is 5.40. The molecule has 0 bridgehead atoms. The average Bonchev–Trinajstić information content (AvgIpc) is 3.14. The van der Waals surface area contributed by atoms with Crippen molar-refractivity contribution in [1.29, 1.82) is 0 Å². The van der Waals surface area contributed by atoms with E-state index in [4.69, 9.17) is 0 Å². The van der Waals surface area contributed by atoms with Gasteiger partial charge in [0.05, 0.1) is 11.0 Å². The SMILES string of the molecule is C[C@@H](O)CCNS(=O)(=O)c1ccc2c(c1)CN(C(=O)c1ccn[nH]1)CC2. The molecule has 3 rings (SSSR count). The van der Waals surface area contributed by atoms with Crippen molar-refractivity contribution in [3.05, 3.63) is 47.3 Å². The number of aliphatic hydroxyl groups is 1. The number of H-pyrrole nitrogens is 1. The fraction of sp³-hybridized carbons (Fsp3) is 0.412. The fourth-order valence-electron chi connectivity index (χ4n) is 2.90. The highest BCUT2D eigenvalue weighted by atomic mass is 32.2. The number of sulfonamides is 1. The normalized spacial score (nSPS) is 15.5. The minimum atomic E-state index is -3.65. The summed E-state index contributed by atoms with van der Waals surface area (Å²) in [6, 6.07) is 6.61. The number of hydrogen-bond acceptors (Lipinski definition) is 5. The lowest BCUT2D eigenvalue weighted by Gasteiger charge is -2.28. The number of amides is 1. The first-order valence-electron chi connectivity index (χ1n) is 8.45. The third-order valence-electron chi connectivity index (χ3n) is 4.37. The van der Waals surface area contributed by atoms with Gasteiger partial charge in [-0.2, -0.15) is 5.10 Å². The zero-order chi connectivity index (χ0) is 18.7. The summed E-state index contributed by atoms with van der Waals surface area (Å²) in [5.74, 6) is -0.156. The van der Waals surface area contributed by atoms with E-state index in [9.17, 15) is 18.3 Å². The van der Waals surface area contributed by atoms with Crippen LogP contribution in [0.3, 0.4) is 0 Å². The molecule has 1 aromatic carbocycles. The Balaban J connectivity index is 1.76. The summed E-state index contributed by atoms with van der Waals surface area (Å²) in [7, 11) is -3.65. The van der Waals surface area contributed by atoms with E-state index < -0.39 is 16.1 Å². The highest BCUT2D eigenvalue weighted by Gasteiger charge is 2.24. The predicted octanol–water partition coefficient (Wildman–Crippen LogP) is 0.657. The van der Waals surface area contributed by atoms with Crippen LogP contribution in [0.1, 0.15) is 35.0 Å². The molecule has 0 saturated heterocycles. The highest BCUT2D eigenvalue weighted by molar-refractivity contribution is 7.89. The van der Waals surface area contributed by atoms with Crippen molar-refractivity contribution in [1.82, 2.24) is 19.8 Å². The maximum absolute atomic E-state index is 12.5. The third kappa shape index (κ3) is 4.12. The van der Waals surface area contributed by atoms with Crippen molar-refractivity contribution >= 4 is 15.9 Å². The van der Waals surface area contributed by atoms with E-state index in [-0.39, 0.29) is 17.3 Å². The third-order valence-corrected chi connectivity index (χ3v) is 5.83. The molecular formula is C17H22N4O4S. The van der Waals surface area contributed by atoms with Crippen molar-refractivity contribution < 1.29 is 18.3 Å². The molecule has 0 spiro atoms. The lowest BCUT2D eigenvalue weighted by atomic mass is 9.99. The number of carbonyl (C=O) groups is 1. The first-order chi connectivity index (χ1) is 12.4. The minimum absolute atomic E-state index is 0.156. The van der Waals surface area contributed by atoms with E-state index in [2.05, 4.69) is 14.9 Å². The molecule has 1 aliphatic rings. The van der Waals surface area contributed by atoms with E-state index in [1.54, 1.807) is 36.1 Å². The molecule has 0 fully saturated rings. The molecule has 1 atom stereocenters. The van der Waals surface area contributed by atoms with Crippen LogP contribution in [0.2, 0.25) is 0 Å². The van der Waals surface area contributed by atoms with E-state index in [0.29, 0.717) is 31.6 Å². The van der Waals surface area contributed by atoms with Gasteiger partial charge in [-0.15, -0.1) is 0 Å². The van der Waals surface area contributed by atoms with Gasteiger partial charge in [0.1, 0.15) is 5.69 Å². The molecule has 1 amide bonds. The molecule has 140 valence electrons. The van der Waals surface area contributed by atoms with Gasteiger partial charge in [0, 0.05) is 25.8 Å². The van der Waals surface area contributed by atoms with Gasteiger partial charge in [0.15, 0.2) is 0 Å². The van der Waals surface area contributed by atoms with E-state index >= 15 is 0 Å². The van der Waals surface area contributed by atoms with Crippen molar-refractivity contribution in [2.45, 2.75) is 37.3 Å². The van der Waals surface area contributed by atoms with Crippen LogP contribution in [-0.2, 0) is 23.0 Å². The van der Waals surface area contributed by atoms with Gasteiger partial charge in [0.25, 0.3) is 5.91 Å². The van der Waals surface area contributed by atoms with Gasteiger partial charge in [-0.05, 0) is 49.1 Å². The Bertz CT molecular complexity index is 878. The molecule has 2 aromatic rings. The predicted molar refractivity (Wildman–Crippen MR) is 95.0 cm³/mol. The van der Waals surface area contributed by atoms with E-state index in [1.165, 1.54) is 6.20 Å². The number of hydrogen-bond donors (Lipinski definition) is 3. The zero-order valence-electron chi connectivity index (χ0n) is 14.5. The Morgan fingerprint density at radius 1 is 1.38 bits per heavy atom. The molecule has 1 aromatic heterocycles. The molecule has 0 unspecified atom stereocenters. The Hall–Kier alpha value is -2.23. The lowest BCUT2D eigenvalue weighted by Crippen LogP contribution is -2.36. The van der Waals surface area contributed by atoms with Crippen LogP contribution in [0.25, 0.3) is 0 Å². The number of fused-ring (bicyclic) bond motifs is 1. The van der Waals surface area contributed by atoms with Gasteiger partial charge < -0.3 is 10.0 Å². The van der Waals surface area contributed by atoms with Gasteiger partial charge in [-0.1, -0.05) is 6.07 Å². The van der Waals surface area contributed by atoms with Crippen LogP contribution in [0.15, 0.2) is 35.4 Å². The van der Waals surface area contributed by atoms with Crippen molar-refractivity contribution in [2.24, 2.45) is 0 Å². The summed E-state index contributed by atoms with van der Waals surface area (Å²) in [5.41, 5.74) is 2.28. The van der Waals surface area contributed by atoms with Crippen LogP contribution in [0.5, 0.6) is 0 Å². The largest absolute Gasteiger partial charge is 0.393 e. The quantitative estimate of drug-likeness (QED) is 0.683. The summed E-state index contributed by atoms with van der Waals surface area (Å²) in [6.07, 6.45) is 1.97. The van der Waals surface area contributed by atoms with Crippen LogP contribution in [0, 0.1) is 0 Å². The number of aromatic nitrogens is 2. The standard InChI is InChI=1S/C17H22N4O4S/c1-12(22)4-8-19-26(24,25)15-3-2-13-6-9-21(11-14(13)10-15)17(23)16-5-7-18-20-16/h2-3,5,7,10,12,19,22H,4,6,8-9,11H2,1H3,(H,18,20)/t12-/m1/s1. The summed E-state index contributed by atoms with van der Waals surface area (Å²) >= 11 is 0. The molecule has 2 heterocycles. The molecule has 9 heteroatoms. The van der Waals surface area contributed by atoms with E-state index in [1.807, 2.05) is 0 Å². The first kappa shape index (κ1) is 18.6. The summed E-state index contributed by atoms with van der Waals surface area (Å²) in [6.45, 7) is 2.70. The van der Waals surface area contributed by atoms with Gasteiger partial charge >= 0.3 is 0 Å². The fourth-order valence-corrected chi connectivity index (χ4v) is 4.00. The molecule has 8 nitrogen and oxygen atoms in total. The average molecular weight is 378 g/mol. The number of nitrogens with zero attached hydrogens (tertiary/aromatic N) is 2. The van der Waals surface area contributed by atoms with E-state index in [0.717, 1.165) is 11.1 Å². The number of nitrogens with one attached hydrogen (secondary N) is 2. The number of rotatable bonds is 6. The van der Waals surface area contributed by atoms with Crippen molar-refractivity contribution in [3.63, 3.8) is 0 Å². The number of carbonyl (C=O) groups excluding carboxylic acids is 1. The highest BCUT2D eigenvalue weighted by Crippen LogP contribution is 2.23. The zero-order valence-corrected chi connectivity index (χ0v) is 15.3. The second-order valence-electron chi connectivity index (χ2n) is 6.41. The van der Waals surface area contributed by atoms with Gasteiger partial charge in [-0.25, -0.2) is 13.1 Å². The Morgan fingerprint density at radius 3 is 2.88 bits per heavy atom. The van der Waals surface area contributed by atoms with Crippen molar-refractivity contribution in [2.75, 3.05) is 13.1 Å². The summed E-state index contributed by atoms with van der Waals surface area (Å²) < 4.78 is 27.3. The maximum Gasteiger partial charge on any atom is 0.272 e. The molecule has 26 heavy (non-hydrogen) atoms. The molecule has 1 aliphatic heterocycles. The molecule has 0 saturated carbocycles. The molecule has 0 radical (unpaired) electrons. The number of aromatic amines is 1. The number of benzene rings is 1. The van der Waals surface area contributed by atoms with Crippen LogP contribution in [-0.4, -0.2) is 53.7 Å². The monoisotopic (exact) mass is 378 g/mol. The van der Waals surface area contributed by atoms with Crippen LogP contribution in [0.4, 0.5) is 0 Å². The summed E-state index contributed by atoms with van der Waals surface area (Å²) in [4.78, 5) is 14.3. The van der Waals surface area contributed by atoms with Gasteiger partial charge in [0.2, 0.25) is 10.0 Å². The molecule has 0 aliphatic carbocycles. The summed E-state index contributed by atoms with van der Waals surface area (Å²) in [5, 5.41) is 15.7. The van der Waals surface area contributed by atoms with Crippen molar-refractivity contribution in [3.8, 4) is 0 Å². The lowest BCUT2D eigenvalue weighted by molar-refractivity contribution is 0.0728. The smallest absolute Gasteiger partial charge is 0.272 e. The first-order valence-corrected chi connectivity index (χ1v) is 9.93.